The predicted molar refractivity (Wildman–Crippen MR) is 59.5 cm³/mol. The molecule has 84 valence electrons. The van der Waals surface area contributed by atoms with E-state index in [1.165, 1.54) is 0 Å². The molecule has 7 heteroatoms. The van der Waals surface area contributed by atoms with Crippen LogP contribution in [-0.2, 0) is 0 Å². The van der Waals surface area contributed by atoms with Crippen LogP contribution in [0, 0.1) is 0 Å². The topological polar surface area (TPSA) is 107 Å². The molecule has 0 fully saturated rings. The Morgan fingerprint density at radius 3 is 2.88 bits per heavy atom. The first-order chi connectivity index (χ1) is 8.33. The fourth-order valence-electron chi connectivity index (χ4n) is 1.36. The summed E-state index contributed by atoms with van der Waals surface area (Å²) < 4.78 is 5.11. The molecule has 0 aliphatic heterocycles. The molecule has 0 saturated heterocycles. The van der Waals surface area contributed by atoms with Gasteiger partial charge in [0.25, 0.3) is 5.89 Å². The third-order valence-electron chi connectivity index (χ3n) is 2.17. The largest absolute Gasteiger partial charge is 0.384 e. The van der Waals surface area contributed by atoms with Crippen LogP contribution in [0.5, 0.6) is 0 Å². The molecule has 0 aliphatic rings. The van der Waals surface area contributed by atoms with Crippen LogP contribution >= 0.6 is 0 Å². The highest BCUT2D eigenvalue weighted by atomic mass is 16.5. The third kappa shape index (κ3) is 1.73. The summed E-state index contributed by atoms with van der Waals surface area (Å²) in [5.41, 5.74) is 6.21. The van der Waals surface area contributed by atoms with Crippen LogP contribution in [0.25, 0.3) is 23.1 Å². The normalized spacial score (nSPS) is 10.6. The van der Waals surface area contributed by atoms with E-state index in [4.69, 9.17) is 10.3 Å². The van der Waals surface area contributed by atoms with Gasteiger partial charge in [0.2, 0.25) is 5.82 Å². The molecule has 0 saturated carbocycles. The predicted octanol–water partition coefficient (Wildman–Crippen LogP) is 1.10. The van der Waals surface area contributed by atoms with Gasteiger partial charge in [0, 0.05) is 18.6 Å². The molecule has 0 amide bonds. The lowest BCUT2D eigenvalue weighted by Crippen LogP contribution is -1.89. The van der Waals surface area contributed by atoms with Gasteiger partial charge in [0.15, 0.2) is 5.82 Å². The summed E-state index contributed by atoms with van der Waals surface area (Å²) in [4.78, 5) is 15.1. The molecule has 3 N–H and O–H groups in total. The quantitative estimate of drug-likeness (QED) is 0.680. The van der Waals surface area contributed by atoms with Crippen molar-refractivity contribution in [2.75, 3.05) is 5.73 Å². The van der Waals surface area contributed by atoms with Gasteiger partial charge in [0.1, 0.15) is 5.82 Å². The Labute approximate surface area is 95.7 Å². The van der Waals surface area contributed by atoms with Gasteiger partial charge in [-0.05, 0) is 12.1 Å². The van der Waals surface area contributed by atoms with Crippen molar-refractivity contribution in [3.8, 4) is 23.1 Å². The first-order valence-electron chi connectivity index (χ1n) is 4.88. The molecular weight excluding hydrogens is 220 g/mol. The average molecular weight is 228 g/mol. The van der Waals surface area contributed by atoms with Gasteiger partial charge < -0.3 is 15.2 Å². The van der Waals surface area contributed by atoms with Crippen molar-refractivity contribution in [2.45, 2.75) is 0 Å². The summed E-state index contributed by atoms with van der Waals surface area (Å²) in [6.45, 7) is 0. The number of rotatable bonds is 2. The van der Waals surface area contributed by atoms with Crippen molar-refractivity contribution in [3.63, 3.8) is 0 Å². The summed E-state index contributed by atoms with van der Waals surface area (Å²) in [5, 5.41) is 3.82. The molecule has 0 spiro atoms. The van der Waals surface area contributed by atoms with Crippen molar-refractivity contribution in [1.29, 1.82) is 0 Å². The van der Waals surface area contributed by atoms with E-state index in [0.717, 1.165) is 0 Å². The second kappa shape index (κ2) is 3.71. The zero-order valence-corrected chi connectivity index (χ0v) is 8.66. The summed E-state index contributed by atoms with van der Waals surface area (Å²) in [5.74, 6) is 1.79. The number of nitrogens with two attached hydrogens (primary N) is 1. The molecule has 17 heavy (non-hydrogen) atoms. The molecule has 0 unspecified atom stereocenters. The van der Waals surface area contributed by atoms with Crippen LogP contribution in [0.15, 0.2) is 35.2 Å². The Kier molecular flexibility index (Phi) is 2.08. The van der Waals surface area contributed by atoms with E-state index in [2.05, 4.69) is 25.1 Å². The van der Waals surface area contributed by atoms with Gasteiger partial charge in [0.05, 0.1) is 5.56 Å². The van der Waals surface area contributed by atoms with Crippen LogP contribution in [0.1, 0.15) is 0 Å². The second-order valence-corrected chi connectivity index (χ2v) is 3.33. The van der Waals surface area contributed by atoms with Crippen LogP contribution in [0.4, 0.5) is 5.82 Å². The molecule has 0 aliphatic carbocycles. The molecule has 0 atom stereocenters. The van der Waals surface area contributed by atoms with Crippen molar-refractivity contribution in [3.05, 3.63) is 30.7 Å². The summed E-state index contributed by atoms with van der Waals surface area (Å²) >= 11 is 0. The van der Waals surface area contributed by atoms with Crippen LogP contribution < -0.4 is 5.73 Å². The number of anilines is 1. The molecule has 7 nitrogen and oxygen atoms in total. The number of nitrogens with zero attached hydrogens (tertiary/aromatic N) is 4. The molecule has 3 aromatic rings. The van der Waals surface area contributed by atoms with Gasteiger partial charge in [-0.15, -0.1) is 0 Å². The summed E-state index contributed by atoms with van der Waals surface area (Å²) in [7, 11) is 0. The monoisotopic (exact) mass is 228 g/mol. The highest BCUT2D eigenvalue weighted by Gasteiger charge is 2.11. The van der Waals surface area contributed by atoms with Gasteiger partial charge >= 0.3 is 0 Å². The highest BCUT2D eigenvalue weighted by molar-refractivity contribution is 5.56. The number of hydrogen-bond donors (Lipinski definition) is 2. The SMILES string of the molecule is Nc1ccc(-c2nc(-c3ncc[nH]3)no2)cn1. The maximum Gasteiger partial charge on any atom is 0.259 e. The third-order valence-corrected chi connectivity index (χ3v) is 2.17. The maximum atomic E-state index is 5.49. The molecule has 3 aromatic heterocycles. The number of hydrogen-bond acceptors (Lipinski definition) is 6. The van der Waals surface area contributed by atoms with E-state index < -0.39 is 0 Å². The highest BCUT2D eigenvalue weighted by Crippen LogP contribution is 2.19. The van der Waals surface area contributed by atoms with E-state index in [1.54, 1.807) is 30.7 Å². The van der Waals surface area contributed by atoms with E-state index in [9.17, 15) is 0 Å². The van der Waals surface area contributed by atoms with Gasteiger partial charge in [-0.1, -0.05) is 5.16 Å². The maximum absolute atomic E-state index is 5.49. The van der Waals surface area contributed by atoms with Crippen molar-refractivity contribution >= 4 is 5.82 Å². The van der Waals surface area contributed by atoms with Gasteiger partial charge in [-0.25, -0.2) is 9.97 Å². The van der Waals surface area contributed by atoms with E-state index in [-0.39, 0.29) is 0 Å². The van der Waals surface area contributed by atoms with E-state index in [0.29, 0.717) is 28.9 Å². The Morgan fingerprint density at radius 1 is 1.24 bits per heavy atom. The molecule has 3 heterocycles. The number of aromatic amines is 1. The lowest BCUT2D eigenvalue weighted by molar-refractivity contribution is 0.432. The first-order valence-corrected chi connectivity index (χ1v) is 4.88. The Balaban J connectivity index is 1.98. The fourth-order valence-corrected chi connectivity index (χ4v) is 1.36. The number of H-pyrrole nitrogens is 1. The Hall–Kier alpha value is -2.70. The lowest BCUT2D eigenvalue weighted by Gasteiger charge is -1.93. The molecule has 0 aromatic carbocycles. The molecule has 0 bridgehead atoms. The fraction of sp³-hybridized carbons (Fsp3) is 0. The average Bonchev–Trinajstić information content (AvgIpc) is 3.00. The van der Waals surface area contributed by atoms with Crippen molar-refractivity contribution < 1.29 is 4.52 Å². The minimum absolute atomic E-state index is 0.379. The zero-order valence-electron chi connectivity index (χ0n) is 8.66. The molecular formula is C10H8N6O. The number of imidazole rings is 1. The first kappa shape index (κ1) is 9.52. The minimum atomic E-state index is 0.379. The zero-order chi connectivity index (χ0) is 11.7. The minimum Gasteiger partial charge on any atom is -0.384 e. The summed E-state index contributed by atoms with van der Waals surface area (Å²) in [6.07, 6.45) is 4.89. The van der Waals surface area contributed by atoms with Crippen LogP contribution in [0.3, 0.4) is 0 Å². The van der Waals surface area contributed by atoms with Crippen molar-refractivity contribution in [1.82, 2.24) is 25.1 Å². The van der Waals surface area contributed by atoms with Crippen LogP contribution in [0.2, 0.25) is 0 Å². The number of nitrogen functional groups attached to an aromatic ring is 1. The van der Waals surface area contributed by atoms with Crippen molar-refractivity contribution in [2.24, 2.45) is 0 Å². The molecule has 3 rings (SSSR count). The van der Waals surface area contributed by atoms with Crippen LogP contribution in [-0.4, -0.2) is 25.1 Å². The van der Waals surface area contributed by atoms with E-state index in [1.807, 2.05) is 0 Å². The number of pyridine rings is 1. The number of nitrogens with one attached hydrogen (secondary N) is 1. The lowest BCUT2D eigenvalue weighted by atomic mass is 10.3. The van der Waals surface area contributed by atoms with Gasteiger partial charge in [-0.2, -0.15) is 4.98 Å². The Morgan fingerprint density at radius 2 is 2.18 bits per heavy atom. The van der Waals surface area contributed by atoms with Gasteiger partial charge in [-0.3, -0.25) is 0 Å². The standard InChI is InChI=1S/C10H8N6O/c11-7-2-1-6(5-14-7)10-15-9(16-17-10)8-12-3-4-13-8/h1-5H,(H2,11,14)(H,12,13). The Bertz CT molecular complexity index is 613. The summed E-state index contributed by atoms with van der Waals surface area (Å²) in [6, 6.07) is 3.44. The molecule has 0 radical (unpaired) electrons. The van der Waals surface area contributed by atoms with E-state index >= 15 is 0 Å². The second-order valence-electron chi connectivity index (χ2n) is 3.33. The number of aromatic nitrogens is 5. The smallest absolute Gasteiger partial charge is 0.259 e.